The second-order valence-electron chi connectivity index (χ2n) is 7.71. The zero-order valence-electron chi connectivity index (χ0n) is 14.9. The summed E-state index contributed by atoms with van der Waals surface area (Å²) in [5, 5.41) is 0. The molecule has 2 aliphatic heterocycles. The number of piperazine rings is 1. The molecule has 0 bridgehead atoms. The lowest BCUT2D eigenvalue weighted by Crippen LogP contribution is -2.61. The Bertz CT molecular complexity index is 363. The lowest BCUT2D eigenvalue weighted by atomic mass is 9.94. The average Bonchev–Trinajstić information content (AvgIpc) is 2.46. The van der Waals surface area contributed by atoms with Crippen LogP contribution < -0.4 is 0 Å². The smallest absolute Gasteiger partial charge is 0.301 e. The Morgan fingerprint density at radius 3 is 1.91 bits per heavy atom. The molecule has 0 spiro atoms. The molecule has 2 rings (SSSR count). The van der Waals surface area contributed by atoms with Gasteiger partial charge in [-0.3, -0.25) is 9.80 Å². The van der Waals surface area contributed by atoms with Gasteiger partial charge in [-0.2, -0.15) is 13.2 Å². The molecule has 6 heteroatoms. The van der Waals surface area contributed by atoms with Crippen molar-refractivity contribution in [3.8, 4) is 0 Å². The number of likely N-dealkylation sites (tertiary alicyclic amines) is 1. The molecular weight excluding hydrogens is 303 g/mol. The van der Waals surface area contributed by atoms with Crippen LogP contribution in [-0.2, 0) is 0 Å². The summed E-state index contributed by atoms with van der Waals surface area (Å²) in [5.74, 6) is 0.403. The van der Waals surface area contributed by atoms with Crippen LogP contribution >= 0.6 is 0 Å². The minimum absolute atomic E-state index is 0.117. The first-order chi connectivity index (χ1) is 10.7. The van der Waals surface area contributed by atoms with E-state index in [0.717, 1.165) is 32.5 Å². The second kappa shape index (κ2) is 7.70. The number of hydrogen-bond donors (Lipinski definition) is 0. The zero-order valence-corrected chi connectivity index (χ0v) is 14.9. The minimum Gasteiger partial charge on any atom is -0.301 e. The molecule has 0 amide bonds. The molecule has 0 saturated carbocycles. The van der Waals surface area contributed by atoms with E-state index in [9.17, 15) is 13.2 Å². The van der Waals surface area contributed by atoms with E-state index in [2.05, 4.69) is 18.7 Å². The van der Waals surface area contributed by atoms with E-state index < -0.39 is 12.2 Å². The van der Waals surface area contributed by atoms with Crippen molar-refractivity contribution in [1.29, 1.82) is 0 Å². The van der Waals surface area contributed by atoms with Crippen LogP contribution in [0.15, 0.2) is 0 Å². The summed E-state index contributed by atoms with van der Waals surface area (Å²) in [6.07, 6.45) is -2.09. The third kappa shape index (κ3) is 5.07. The number of hydrogen-bond acceptors (Lipinski definition) is 3. The van der Waals surface area contributed by atoms with Crippen molar-refractivity contribution < 1.29 is 13.2 Å². The van der Waals surface area contributed by atoms with Crippen LogP contribution in [0, 0.1) is 5.92 Å². The summed E-state index contributed by atoms with van der Waals surface area (Å²) in [4.78, 5) is 6.08. The van der Waals surface area contributed by atoms with E-state index >= 15 is 0 Å². The monoisotopic (exact) mass is 335 g/mol. The fraction of sp³-hybridized carbons (Fsp3) is 1.00. The fourth-order valence-electron chi connectivity index (χ4n) is 3.82. The van der Waals surface area contributed by atoms with Crippen LogP contribution in [0.5, 0.6) is 0 Å². The van der Waals surface area contributed by atoms with E-state index in [1.165, 1.54) is 0 Å². The summed E-state index contributed by atoms with van der Waals surface area (Å²) in [6, 6.07) is -0.591. The quantitative estimate of drug-likeness (QED) is 0.782. The Morgan fingerprint density at radius 1 is 0.870 bits per heavy atom. The molecule has 0 unspecified atom stereocenters. The maximum absolute atomic E-state index is 13.5. The molecular formula is C17H32F3N3. The predicted molar refractivity (Wildman–Crippen MR) is 87.6 cm³/mol. The van der Waals surface area contributed by atoms with Gasteiger partial charge in [0.05, 0.1) is 0 Å². The number of rotatable bonds is 4. The van der Waals surface area contributed by atoms with Crippen LogP contribution in [0.25, 0.3) is 0 Å². The van der Waals surface area contributed by atoms with Crippen molar-refractivity contribution in [1.82, 2.24) is 14.7 Å². The van der Waals surface area contributed by atoms with Crippen molar-refractivity contribution >= 4 is 0 Å². The first-order valence-electron chi connectivity index (χ1n) is 8.97. The van der Waals surface area contributed by atoms with E-state index in [4.69, 9.17) is 0 Å². The van der Waals surface area contributed by atoms with E-state index in [-0.39, 0.29) is 12.6 Å². The first-order valence-corrected chi connectivity index (χ1v) is 8.97. The van der Waals surface area contributed by atoms with Gasteiger partial charge in [-0.1, -0.05) is 0 Å². The lowest BCUT2D eigenvalue weighted by molar-refractivity contribution is -0.200. The summed E-state index contributed by atoms with van der Waals surface area (Å²) in [7, 11) is 0. The highest BCUT2D eigenvalue weighted by Gasteiger charge is 2.47. The fourth-order valence-corrected chi connectivity index (χ4v) is 3.82. The van der Waals surface area contributed by atoms with Crippen LogP contribution in [0.3, 0.4) is 0 Å². The molecule has 0 aliphatic carbocycles. The number of halogens is 3. The Labute approximate surface area is 138 Å². The van der Waals surface area contributed by atoms with Crippen molar-refractivity contribution in [3.05, 3.63) is 0 Å². The standard InChI is InChI=1S/C17H32F3N3/c1-13(2)21-7-5-15(6-8-21)11-23-10-9-22(14(3)4)12-16(23)17(18,19)20/h13-16H,5-12H2,1-4H3/t16-/m1/s1. The van der Waals surface area contributed by atoms with Crippen LogP contribution in [-0.4, -0.2) is 78.3 Å². The van der Waals surface area contributed by atoms with Crippen LogP contribution in [0.1, 0.15) is 40.5 Å². The molecule has 0 aromatic rings. The van der Waals surface area contributed by atoms with Gasteiger partial charge in [-0.15, -0.1) is 0 Å². The summed E-state index contributed by atoms with van der Waals surface area (Å²) in [6.45, 7) is 12.4. The number of alkyl halides is 3. The molecule has 1 atom stereocenters. The Morgan fingerprint density at radius 2 is 1.43 bits per heavy atom. The third-order valence-electron chi connectivity index (χ3n) is 5.50. The highest BCUT2D eigenvalue weighted by molar-refractivity contribution is 4.90. The Hall–Kier alpha value is -0.330. The topological polar surface area (TPSA) is 9.72 Å². The molecule has 0 aromatic heterocycles. The number of nitrogens with zero attached hydrogens (tertiary/aromatic N) is 3. The van der Waals surface area contributed by atoms with E-state index in [1.807, 2.05) is 18.7 Å². The molecule has 2 heterocycles. The summed E-state index contributed by atoms with van der Waals surface area (Å²) < 4.78 is 40.4. The molecule has 0 N–H and O–H groups in total. The highest BCUT2D eigenvalue weighted by atomic mass is 19.4. The SMILES string of the molecule is CC(C)N1CCC(CN2CCN(C(C)C)C[C@@H]2C(F)(F)F)CC1. The molecule has 0 radical (unpaired) electrons. The maximum Gasteiger partial charge on any atom is 0.405 e. The van der Waals surface area contributed by atoms with Gasteiger partial charge in [0, 0.05) is 38.3 Å². The van der Waals surface area contributed by atoms with Gasteiger partial charge in [-0.05, 0) is 59.5 Å². The molecule has 3 nitrogen and oxygen atoms in total. The Balaban J connectivity index is 1.93. The highest BCUT2D eigenvalue weighted by Crippen LogP contribution is 2.30. The number of piperidine rings is 1. The van der Waals surface area contributed by atoms with Crippen molar-refractivity contribution in [2.45, 2.75) is 64.8 Å². The van der Waals surface area contributed by atoms with E-state index in [1.54, 1.807) is 4.90 Å². The molecule has 2 aliphatic rings. The summed E-state index contributed by atoms with van der Waals surface area (Å²) in [5.41, 5.74) is 0. The average molecular weight is 335 g/mol. The minimum atomic E-state index is -4.13. The van der Waals surface area contributed by atoms with Crippen molar-refractivity contribution in [2.24, 2.45) is 5.92 Å². The van der Waals surface area contributed by atoms with Crippen molar-refractivity contribution in [2.75, 3.05) is 39.3 Å². The zero-order chi connectivity index (χ0) is 17.2. The second-order valence-corrected chi connectivity index (χ2v) is 7.71. The van der Waals surface area contributed by atoms with Gasteiger partial charge in [0.25, 0.3) is 0 Å². The molecule has 2 saturated heterocycles. The van der Waals surface area contributed by atoms with Crippen LogP contribution in [0.2, 0.25) is 0 Å². The normalized spacial score (nSPS) is 27.3. The molecule has 0 aromatic carbocycles. The van der Waals surface area contributed by atoms with Crippen molar-refractivity contribution in [3.63, 3.8) is 0 Å². The molecule has 136 valence electrons. The first kappa shape index (κ1) is 19.0. The van der Waals surface area contributed by atoms with Gasteiger partial charge < -0.3 is 4.90 Å². The van der Waals surface area contributed by atoms with Gasteiger partial charge >= 0.3 is 6.18 Å². The van der Waals surface area contributed by atoms with Gasteiger partial charge in [0.1, 0.15) is 6.04 Å². The van der Waals surface area contributed by atoms with Crippen LogP contribution in [0.4, 0.5) is 13.2 Å². The van der Waals surface area contributed by atoms with Gasteiger partial charge in [0.2, 0.25) is 0 Å². The Kier molecular flexibility index (Phi) is 6.36. The van der Waals surface area contributed by atoms with E-state index in [0.29, 0.717) is 25.0 Å². The maximum atomic E-state index is 13.5. The lowest BCUT2D eigenvalue weighted by Gasteiger charge is -2.45. The third-order valence-corrected chi connectivity index (χ3v) is 5.50. The predicted octanol–water partition coefficient (Wildman–Crippen LogP) is 3.06. The molecule has 23 heavy (non-hydrogen) atoms. The molecule has 2 fully saturated rings. The van der Waals surface area contributed by atoms with Gasteiger partial charge in [-0.25, -0.2) is 0 Å². The van der Waals surface area contributed by atoms with Gasteiger partial charge in [0.15, 0.2) is 0 Å². The summed E-state index contributed by atoms with van der Waals surface area (Å²) >= 11 is 0. The largest absolute Gasteiger partial charge is 0.405 e.